The van der Waals surface area contributed by atoms with Gasteiger partial charge in [-0.15, -0.1) is 0 Å². The second kappa shape index (κ2) is 5.94. The number of carbonyl (C=O) groups excluding carboxylic acids is 1. The van der Waals surface area contributed by atoms with Gasteiger partial charge in [0.15, 0.2) is 0 Å². The molecule has 0 radical (unpaired) electrons. The summed E-state index contributed by atoms with van der Waals surface area (Å²) in [5, 5.41) is 0. The minimum atomic E-state index is -3.63. The van der Waals surface area contributed by atoms with Crippen molar-refractivity contribution in [2.45, 2.75) is 31.2 Å². The number of para-hydroxylation sites is 1. The van der Waals surface area contributed by atoms with Gasteiger partial charge in [0.25, 0.3) is 10.0 Å². The lowest BCUT2D eigenvalue weighted by molar-refractivity contribution is -0.116. The summed E-state index contributed by atoms with van der Waals surface area (Å²) in [5.41, 5.74) is 2.45. The molecule has 5 nitrogen and oxygen atoms in total. The summed E-state index contributed by atoms with van der Waals surface area (Å²) in [6.45, 7) is 3.38. The van der Waals surface area contributed by atoms with Crippen molar-refractivity contribution in [2.75, 3.05) is 16.3 Å². The molecule has 1 amide bonds. The Kier molecular flexibility index (Phi) is 4.09. The van der Waals surface area contributed by atoms with Crippen LogP contribution >= 0.6 is 0 Å². The second-order valence-corrected chi connectivity index (χ2v) is 7.87. The van der Waals surface area contributed by atoms with Gasteiger partial charge in [0.1, 0.15) is 0 Å². The average molecular weight is 344 g/mol. The molecule has 0 unspecified atom stereocenters. The smallest absolute Gasteiger partial charge is 0.264 e. The molecule has 0 bridgehead atoms. The van der Waals surface area contributed by atoms with E-state index in [0.717, 1.165) is 11.3 Å². The summed E-state index contributed by atoms with van der Waals surface area (Å²) in [7, 11) is -1.98. The number of benzene rings is 2. The molecule has 0 fully saturated rings. The Morgan fingerprint density at radius 3 is 2.38 bits per heavy atom. The molecule has 3 rings (SSSR count). The number of fused-ring (bicyclic) bond motifs is 1. The SMILES string of the molecule is CC(=O)N(C)c1ccc(S(=O)(=O)N2c3ccccc3C[C@@H]2C)cc1. The fourth-order valence-corrected chi connectivity index (χ4v) is 4.73. The number of amides is 1. The van der Waals surface area contributed by atoms with Gasteiger partial charge in [0.2, 0.25) is 5.91 Å². The van der Waals surface area contributed by atoms with Gasteiger partial charge >= 0.3 is 0 Å². The maximum atomic E-state index is 13.1. The maximum Gasteiger partial charge on any atom is 0.264 e. The Bertz CT molecular complexity index is 875. The molecule has 0 saturated heterocycles. The fourth-order valence-electron chi connectivity index (χ4n) is 3.04. The number of rotatable bonds is 3. The standard InChI is InChI=1S/C18H20N2O3S/c1-13-12-15-6-4-5-7-18(15)20(13)24(22,23)17-10-8-16(9-11-17)19(3)14(2)21/h4-11,13H,12H2,1-3H3/t13-/m0/s1. The molecule has 2 aromatic rings. The van der Waals surface area contributed by atoms with Crippen LogP contribution in [-0.2, 0) is 21.2 Å². The number of nitrogens with zero attached hydrogens (tertiary/aromatic N) is 2. The summed E-state index contributed by atoms with van der Waals surface area (Å²) in [6.07, 6.45) is 0.709. The van der Waals surface area contributed by atoms with Crippen molar-refractivity contribution >= 4 is 27.3 Å². The van der Waals surface area contributed by atoms with Crippen molar-refractivity contribution in [1.29, 1.82) is 0 Å². The largest absolute Gasteiger partial charge is 0.316 e. The minimum Gasteiger partial charge on any atom is -0.316 e. The zero-order valence-corrected chi connectivity index (χ0v) is 14.7. The maximum absolute atomic E-state index is 13.1. The van der Waals surface area contributed by atoms with Crippen molar-refractivity contribution in [3.05, 3.63) is 54.1 Å². The molecule has 2 aromatic carbocycles. The molecule has 1 aliphatic rings. The molecule has 126 valence electrons. The average Bonchev–Trinajstić information content (AvgIpc) is 2.90. The highest BCUT2D eigenvalue weighted by Crippen LogP contribution is 2.36. The van der Waals surface area contributed by atoms with E-state index in [9.17, 15) is 13.2 Å². The van der Waals surface area contributed by atoms with Crippen LogP contribution in [0.25, 0.3) is 0 Å². The zero-order chi connectivity index (χ0) is 17.5. The van der Waals surface area contributed by atoms with Crippen molar-refractivity contribution in [3.8, 4) is 0 Å². The van der Waals surface area contributed by atoms with E-state index >= 15 is 0 Å². The third kappa shape index (κ3) is 2.67. The molecule has 6 heteroatoms. The highest BCUT2D eigenvalue weighted by Gasteiger charge is 2.35. The van der Waals surface area contributed by atoms with Gasteiger partial charge < -0.3 is 4.90 Å². The van der Waals surface area contributed by atoms with Crippen molar-refractivity contribution in [3.63, 3.8) is 0 Å². The lowest BCUT2D eigenvalue weighted by atomic mass is 10.1. The Hall–Kier alpha value is -2.34. The quantitative estimate of drug-likeness (QED) is 0.860. The summed E-state index contributed by atoms with van der Waals surface area (Å²) in [6, 6.07) is 13.9. The molecule has 24 heavy (non-hydrogen) atoms. The third-order valence-corrected chi connectivity index (χ3v) is 6.34. The van der Waals surface area contributed by atoms with E-state index in [4.69, 9.17) is 0 Å². The van der Waals surface area contributed by atoms with Gasteiger partial charge in [0, 0.05) is 25.7 Å². The summed E-state index contributed by atoms with van der Waals surface area (Å²) < 4.78 is 27.6. The summed E-state index contributed by atoms with van der Waals surface area (Å²) >= 11 is 0. The van der Waals surface area contributed by atoms with E-state index in [-0.39, 0.29) is 16.8 Å². The van der Waals surface area contributed by atoms with Crippen molar-refractivity contribution in [1.82, 2.24) is 0 Å². The van der Waals surface area contributed by atoms with Crippen molar-refractivity contribution in [2.24, 2.45) is 0 Å². The first-order valence-electron chi connectivity index (χ1n) is 7.79. The van der Waals surface area contributed by atoms with E-state index in [0.29, 0.717) is 12.1 Å². The van der Waals surface area contributed by atoms with Gasteiger partial charge in [0.05, 0.1) is 10.6 Å². The van der Waals surface area contributed by atoms with Crippen LogP contribution in [0.15, 0.2) is 53.4 Å². The number of hydrogen-bond acceptors (Lipinski definition) is 3. The molecule has 0 N–H and O–H groups in total. The van der Waals surface area contributed by atoms with E-state index in [1.54, 1.807) is 31.3 Å². The van der Waals surface area contributed by atoms with Crippen LogP contribution in [0.2, 0.25) is 0 Å². The molecule has 0 aliphatic carbocycles. The molecule has 0 saturated carbocycles. The first kappa shape index (κ1) is 16.5. The number of anilines is 2. The molecule has 1 aliphatic heterocycles. The van der Waals surface area contributed by atoms with Crippen LogP contribution in [0.5, 0.6) is 0 Å². The van der Waals surface area contributed by atoms with E-state index < -0.39 is 10.0 Å². The molecule has 1 atom stereocenters. The van der Waals surface area contributed by atoms with Crippen LogP contribution in [0.4, 0.5) is 11.4 Å². The monoisotopic (exact) mass is 344 g/mol. The highest BCUT2D eigenvalue weighted by molar-refractivity contribution is 7.92. The second-order valence-electron chi connectivity index (χ2n) is 6.05. The first-order chi connectivity index (χ1) is 11.3. The van der Waals surface area contributed by atoms with Crippen LogP contribution in [0, 0.1) is 0 Å². The number of hydrogen-bond donors (Lipinski definition) is 0. The Morgan fingerprint density at radius 2 is 1.75 bits per heavy atom. The Morgan fingerprint density at radius 1 is 1.12 bits per heavy atom. The lowest BCUT2D eigenvalue weighted by Crippen LogP contribution is -2.35. The van der Waals surface area contributed by atoms with Gasteiger partial charge in [-0.3, -0.25) is 9.10 Å². The van der Waals surface area contributed by atoms with Gasteiger partial charge in [-0.1, -0.05) is 18.2 Å². The molecule has 0 spiro atoms. The minimum absolute atomic E-state index is 0.104. The molecular weight excluding hydrogens is 324 g/mol. The van der Waals surface area contributed by atoms with E-state index in [1.165, 1.54) is 16.1 Å². The predicted octanol–water partition coefficient (Wildman–Crippen LogP) is 2.81. The molecule has 0 aromatic heterocycles. The van der Waals surface area contributed by atoms with E-state index in [1.807, 2.05) is 31.2 Å². The normalized spacial score (nSPS) is 16.8. The summed E-state index contributed by atoms with van der Waals surface area (Å²) in [5.74, 6) is -0.104. The lowest BCUT2D eigenvalue weighted by Gasteiger charge is -2.25. The topological polar surface area (TPSA) is 57.7 Å². The third-order valence-electron chi connectivity index (χ3n) is 4.40. The van der Waals surface area contributed by atoms with Gasteiger partial charge in [-0.05, 0) is 49.2 Å². The highest BCUT2D eigenvalue weighted by atomic mass is 32.2. The van der Waals surface area contributed by atoms with Crippen LogP contribution in [-0.4, -0.2) is 27.4 Å². The predicted molar refractivity (Wildman–Crippen MR) is 94.8 cm³/mol. The zero-order valence-electron chi connectivity index (χ0n) is 13.9. The van der Waals surface area contributed by atoms with Gasteiger partial charge in [-0.2, -0.15) is 0 Å². The van der Waals surface area contributed by atoms with Crippen LogP contribution < -0.4 is 9.21 Å². The molecule has 1 heterocycles. The van der Waals surface area contributed by atoms with Crippen LogP contribution in [0.3, 0.4) is 0 Å². The van der Waals surface area contributed by atoms with Crippen molar-refractivity contribution < 1.29 is 13.2 Å². The van der Waals surface area contributed by atoms with E-state index in [2.05, 4.69) is 0 Å². The number of carbonyl (C=O) groups is 1. The first-order valence-corrected chi connectivity index (χ1v) is 9.23. The summed E-state index contributed by atoms with van der Waals surface area (Å²) in [4.78, 5) is 13.1. The van der Waals surface area contributed by atoms with Gasteiger partial charge in [-0.25, -0.2) is 8.42 Å². The fraction of sp³-hybridized carbons (Fsp3) is 0.278. The Labute approximate surface area is 142 Å². The Balaban J connectivity index is 1.98. The number of sulfonamides is 1. The van der Waals surface area contributed by atoms with Crippen LogP contribution in [0.1, 0.15) is 19.4 Å². The molecular formula is C18H20N2O3S.